The highest BCUT2D eigenvalue weighted by molar-refractivity contribution is 6.46. The molecule has 0 saturated carbocycles. The molecule has 1 atom stereocenters. The second-order valence-electron chi connectivity index (χ2n) is 10.1. The Hall–Kier alpha value is -4.30. The van der Waals surface area contributed by atoms with E-state index < -0.39 is 17.7 Å². The first-order valence-electron chi connectivity index (χ1n) is 14.4. The molecule has 3 aromatic carbocycles. The van der Waals surface area contributed by atoms with Crippen molar-refractivity contribution in [1.29, 1.82) is 0 Å². The minimum Gasteiger partial charge on any atom is -0.507 e. The van der Waals surface area contributed by atoms with Crippen molar-refractivity contribution in [3.8, 4) is 17.2 Å². The Morgan fingerprint density at radius 1 is 0.905 bits per heavy atom. The number of aliphatic hydroxyl groups is 1. The summed E-state index contributed by atoms with van der Waals surface area (Å²) in [6.45, 7) is 11.3. The third kappa shape index (κ3) is 6.60. The second kappa shape index (κ2) is 14.0. The minimum absolute atomic E-state index is 0.0445. The van der Waals surface area contributed by atoms with Gasteiger partial charge in [0, 0.05) is 18.7 Å². The summed E-state index contributed by atoms with van der Waals surface area (Å²) < 4.78 is 17.3. The van der Waals surface area contributed by atoms with Gasteiger partial charge in [0.1, 0.15) is 18.1 Å². The molecule has 8 heteroatoms. The van der Waals surface area contributed by atoms with Crippen LogP contribution >= 0.6 is 0 Å². The lowest BCUT2D eigenvalue weighted by Crippen LogP contribution is -2.38. The number of hydrogen-bond donors (Lipinski definition) is 1. The first-order chi connectivity index (χ1) is 20.3. The van der Waals surface area contributed by atoms with Crippen LogP contribution in [0.4, 0.5) is 0 Å². The molecular formula is C34H40N2O6. The van der Waals surface area contributed by atoms with E-state index in [-0.39, 0.29) is 11.3 Å². The molecule has 0 spiro atoms. The number of hydrogen-bond acceptors (Lipinski definition) is 7. The SMILES string of the molecule is CCOc1ccc(C2/C(=C(\O)c3ccc(OCc4ccccc4)c(C)c3)C(=O)C(=O)N2CCN(CC)CC)cc1OC. The minimum atomic E-state index is -0.792. The Labute approximate surface area is 248 Å². The van der Waals surface area contributed by atoms with Gasteiger partial charge in [-0.2, -0.15) is 0 Å². The van der Waals surface area contributed by atoms with Crippen LogP contribution in [-0.2, 0) is 16.2 Å². The molecule has 1 saturated heterocycles. The van der Waals surface area contributed by atoms with Crippen molar-refractivity contribution in [1.82, 2.24) is 9.80 Å². The number of nitrogens with zero attached hydrogens (tertiary/aromatic N) is 2. The van der Waals surface area contributed by atoms with E-state index in [4.69, 9.17) is 14.2 Å². The normalized spacial score (nSPS) is 16.2. The van der Waals surface area contributed by atoms with Gasteiger partial charge in [-0.05, 0) is 74.0 Å². The highest BCUT2D eigenvalue weighted by Gasteiger charge is 2.46. The van der Waals surface area contributed by atoms with Gasteiger partial charge in [-0.3, -0.25) is 9.59 Å². The lowest BCUT2D eigenvalue weighted by molar-refractivity contribution is -0.140. The molecule has 8 nitrogen and oxygen atoms in total. The van der Waals surface area contributed by atoms with Gasteiger partial charge in [-0.1, -0.05) is 50.2 Å². The van der Waals surface area contributed by atoms with Crippen LogP contribution in [0.2, 0.25) is 0 Å². The molecule has 42 heavy (non-hydrogen) atoms. The lowest BCUT2D eigenvalue weighted by atomic mass is 9.94. The maximum Gasteiger partial charge on any atom is 0.295 e. The van der Waals surface area contributed by atoms with Crippen molar-refractivity contribution in [2.45, 2.75) is 40.3 Å². The van der Waals surface area contributed by atoms with Gasteiger partial charge < -0.3 is 29.1 Å². The van der Waals surface area contributed by atoms with Crippen LogP contribution in [0.1, 0.15) is 49.1 Å². The number of aliphatic hydroxyl groups excluding tert-OH is 1. The summed E-state index contributed by atoms with van der Waals surface area (Å²) in [5.41, 5.74) is 2.96. The number of likely N-dealkylation sites (N-methyl/N-ethyl adjacent to an activating group) is 1. The maximum atomic E-state index is 13.5. The number of carbonyl (C=O) groups is 2. The number of ether oxygens (including phenoxy) is 3. The average Bonchev–Trinajstić information content (AvgIpc) is 3.26. The molecule has 1 amide bonds. The van der Waals surface area contributed by atoms with Gasteiger partial charge in [0.05, 0.1) is 25.3 Å². The summed E-state index contributed by atoms with van der Waals surface area (Å²) in [4.78, 5) is 30.7. The molecule has 0 aliphatic carbocycles. The average molecular weight is 573 g/mol. The van der Waals surface area contributed by atoms with E-state index in [1.54, 1.807) is 42.3 Å². The zero-order chi connectivity index (χ0) is 30.2. The van der Waals surface area contributed by atoms with Crippen LogP contribution in [-0.4, -0.2) is 66.5 Å². The molecule has 0 radical (unpaired) electrons. The van der Waals surface area contributed by atoms with Crippen LogP contribution in [0.5, 0.6) is 17.2 Å². The highest BCUT2D eigenvalue weighted by Crippen LogP contribution is 2.42. The summed E-state index contributed by atoms with van der Waals surface area (Å²) in [5.74, 6) is 0.134. The second-order valence-corrected chi connectivity index (χ2v) is 10.1. The Morgan fingerprint density at radius 2 is 1.62 bits per heavy atom. The van der Waals surface area contributed by atoms with Gasteiger partial charge in [-0.25, -0.2) is 0 Å². The number of ketones is 1. The fourth-order valence-corrected chi connectivity index (χ4v) is 5.22. The number of Topliss-reactive ketones (excluding diaryl/α,β-unsaturated/α-hetero) is 1. The molecule has 4 rings (SSSR count). The monoisotopic (exact) mass is 572 g/mol. The maximum absolute atomic E-state index is 13.5. The zero-order valence-corrected chi connectivity index (χ0v) is 25.1. The summed E-state index contributed by atoms with van der Waals surface area (Å²) in [6, 6.07) is 19.7. The van der Waals surface area contributed by atoms with E-state index in [1.165, 1.54) is 0 Å². The van der Waals surface area contributed by atoms with Crippen molar-refractivity contribution < 1.29 is 28.9 Å². The molecule has 1 fully saturated rings. The number of methoxy groups -OCH3 is 1. The number of benzene rings is 3. The zero-order valence-electron chi connectivity index (χ0n) is 25.1. The number of likely N-dealkylation sites (tertiary alicyclic amines) is 1. The predicted molar refractivity (Wildman–Crippen MR) is 163 cm³/mol. The summed E-state index contributed by atoms with van der Waals surface area (Å²) in [5, 5.41) is 11.6. The first-order valence-corrected chi connectivity index (χ1v) is 14.4. The van der Waals surface area contributed by atoms with Gasteiger partial charge in [0.15, 0.2) is 11.5 Å². The van der Waals surface area contributed by atoms with Crippen LogP contribution < -0.4 is 14.2 Å². The van der Waals surface area contributed by atoms with Crippen LogP contribution in [0.3, 0.4) is 0 Å². The molecule has 1 unspecified atom stereocenters. The smallest absolute Gasteiger partial charge is 0.295 e. The molecule has 0 bridgehead atoms. The molecular weight excluding hydrogens is 532 g/mol. The quantitative estimate of drug-likeness (QED) is 0.159. The Bertz CT molecular complexity index is 1430. The van der Waals surface area contributed by atoms with E-state index in [0.29, 0.717) is 54.7 Å². The number of carbonyl (C=O) groups excluding carboxylic acids is 2. The van der Waals surface area contributed by atoms with Crippen molar-refractivity contribution in [3.63, 3.8) is 0 Å². The summed E-state index contributed by atoms with van der Waals surface area (Å²) in [7, 11) is 1.54. The topological polar surface area (TPSA) is 88.5 Å². The van der Waals surface area contributed by atoms with Gasteiger partial charge in [0.2, 0.25) is 0 Å². The molecule has 3 aromatic rings. The van der Waals surface area contributed by atoms with E-state index in [2.05, 4.69) is 18.7 Å². The Balaban J connectivity index is 1.74. The number of rotatable bonds is 13. The van der Waals surface area contributed by atoms with Crippen molar-refractivity contribution in [2.75, 3.05) is 39.9 Å². The fourth-order valence-electron chi connectivity index (χ4n) is 5.22. The van der Waals surface area contributed by atoms with Crippen LogP contribution in [0.15, 0.2) is 72.3 Å². The fraction of sp³-hybridized carbons (Fsp3) is 0.353. The molecule has 1 aliphatic heterocycles. The predicted octanol–water partition coefficient (Wildman–Crippen LogP) is 5.74. The number of amides is 1. The van der Waals surface area contributed by atoms with E-state index in [0.717, 1.165) is 24.2 Å². The molecule has 0 aromatic heterocycles. The number of aryl methyl sites for hydroxylation is 1. The van der Waals surface area contributed by atoms with Crippen molar-refractivity contribution >= 4 is 17.4 Å². The lowest BCUT2D eigenvalue weighted by Gasteiger charge is -2.28. The Kier molecular flexibility index (Phi) is 10.3. The van der Waals surface area contributed by atoms with Gasteiger partial charge >= 0.3 is 0 Å². The van der Waals surface area contributed by atoms with E-state index in [1.807, 2.05) is 50.2 Å². The molecule has 222 valence electrons. The summed E-state index contributed by atoms with van der Waals surface area (Å²) in [6.07, 6.45) is 0. The standard InChI is InChI=1S/C34H40N2O6/c1-6-35(7-2)18-19-36-31(25-14-17-28(41-8-3)29(21-25)40-5)30(33(38)34(36)39)32(37)26-15-16-27(23(4)20-26)42-22-24-12-10-9-11-13-24/h9-17,20-21,31,37H,6-8,18-19,22H2,1-5H3/b32-30+. The van der Waals surface area contributed by atoms with Crippen LogP contribution in [0.25, 0.3) is 5.76 Å². The molecule has 1 heterocycles. The van der Waals surface area contributed by atoms with Crippen LogP contribution in [0, 0.1) is 6.92 Å². The van der Waals surface area contributed by atoms with E-state index >= 15 is 0 Å². The third-order valence-electron chi connectivity index (χ3n) is 7.58. The van der Waals surface area contributed by atoms with Crippen molar-refractivity contribution in [3.05, 3.63) is 94.6 Å². The molecule has 1 N–H and O–H groups in total. The van der Waals surface area contributed by atoms with E-state index in [9.17, 15) is 14.7 Å². The molecule has 1 aliphatic rings. The largest absolute Gasteiger partial charge is 0.507 e. The van der Waals surface area contributed by atoms with Gasteiger partial charge in [0.25, 0.3) is 11.7 Å². The Morgan fingerprint density at radius 3 is 2.26 bits per heavy atom. The highest BCUT2D eigenvalue weighted by atomic mass is 16.5. The first kappa shape index (κ1) is 30.7. The third-order valence-corrected chi connectivity index (χ3v) is 7.58. The van der Waals surface area contributed by atoms with Crippen molar-refractivity contribution in [2.24, 2.45) is 0 Å². The van der Waals surface area contributed by atoms with Gasteiger partial charge in [-0.15, -0.1) is 0 Å². The summed E-state index contributed by atoms with van der Waals surface area (Å²) >= 11 is 0.